The largest absolute Gasteiger partial charge is 0.351 e. The van der Waals surface area contributed by atoms with Crippen molar-refractivity contribution >= 4 is 11.9 Å². The molecule has 0 spiro atoms. The molecule has 1 saturated carbocycles. The molecule has 1 aromatic rings. The minimum Gasteiger partial charge on any atom is -0.351 e. The fourth-order valence-electron chi connectivity index (χ4n) is 3.12. The number of rotatable bonds is 4. The van der Waals surface area contributed by atoms with Crippen molar-refractivity contribution in [2.45, 2.75) is 37.8 Å². The smallest absolute Gasteiger partial charge is 0.318 e. The van der Waals surface area contributed by atoms with Gasteiger partial charge in [0, 0.05) is 12.1 Å². The van der Waals surface area contributed by atoms with E-state index in [0.29, 0.717) is 6.04 Å². The molecule has 0 heterocycles. The maximum Gasteiger partial charge on any atom is 0.318 e. The lowest BCUT2D eigenvalue weighted by Crippen LogP contribution is -2.44. The Bertz CT molecular complexity index is 540. The van der Waals surface area contributed by atoms with E-state index in [9.17, 15) is 9.59 Å². The number of hydrogen-bond donors (Lipinski definition) is 2. The van der Waals surface area contributed by atoms with Crippen molar-refractivity contribution in [3.63, 3.8) is 0 Å². The molecule has 1 aromatic carbocycles. The summed E-state index contributed by atoms with van der Waals surface area (Å²) in [5.41, 5.74) is 7.70. The van der Waals surface area contributed by atoms with E-state index in [1.54, 1.807) is 0 Å². The van der Waals surface area contributed by atoms with Gasteiger partial charge in [0.05, 0.1) is 6.54 Å². The van der Waals surface area contributed by atoms with Crippen molar-refractivity contribution in [3.8, 4) is 0 Å². The minimum absolute atomic E-state index is 0.243. The lowest BCUT2D eigenvalue weighted by atomic mass is 10.1. The Hall–Kier alpha value is -1.88. The van der Waals surface area contributed by atoms with Crippen molar-refractivity contribution < 1.29 is 9.59 Å². The zero-order chi connectivity index (χ0) is 14.1. The Morgan fingerprint density at radius 1 is 1.25 bits per heavy atom. The molecule has 5 heteroatoms. The molecule has 106 valence electrons. The number of carbonyl (C=O) groups is 2. The summed E-state index contributed by atoms with van der Waals surface area (Å²) < 4.78 is 0. The first-order valence-electron chi connectivity index (χ1n) is 7.08. The summed E-state index contributed by atoms with van der Waals surface area (Å²) in [6.45, 7) is 0.243. The van der Waals surface area contributed by atoms with Gasteiger partial charge in [-0.2, -0.15) is 0 Å². The molecule has 3 amide bonds. The van der Waals surface area contributed by atoms with Gasteiger partial charge in [0.1, 0.15) is 0 Å². The van der Waals surface area contributed by atoms with Crippen LogP contribution in [0.3, 0.4) is 0 Å². The predicted molar refractivity (Wildman–Crippen MR) is 75.0 cm³/mol. The molecule has 0 bridgehead atoms. The average Bonchev–Trinajstić information content (AvgIpc) is 3.15. The third kappa shape index (κ3) is 2.67. The number of nitrogens with zero attached hydrogens (tertiary/aromatic N) is 1. The molecule has 2 aliphatic carbocycles. The first-order valence-corrected chi connectivity index (χ1v) is 7.08. The van der Waals surface area contributed by atoms with Crippen molar-refractivity contribution in [2.75, 3.05) is 6.54 Å². The third-order valence-electron chi connectivity index (χ3n) is 4.11. The van der Waals surface area contributed by atoms with E-state index in [-0.39, 0.29) is 18.5 Å². The molecular formula is C15H19N3O2. The lowest BCUT2D eigenvalue weighted by Gasteiger charge is -2.28. The number of urea groups is 1. The van der Waals surface area contributed by atoms with E-state index >= 15 is 0 Å². The molecule has 0 aliphatic heterocycles. The van der Waals surface area contributed by atoms with Gasteiger partial charge in [-0.1, -0.05) is 24.3 Å². The second-order valence-electron chi connectivity index (χ2n) is 5.57. The van der Waals surface area contributed by atoms with Gasteiger partial charge in [0.2, 0.25) is 5.91 Å². The molecule has 0 saturated heterocycles. The number of hydrogen-bond acceptors (Lipinski definition) is 3. The normalized spacial score (nSPS) is 20.8. The molecule has 0 aromatic heterocycles. The Morgan fingerprint density at radius 3 is 2.70 bits per heavy atom. The molecule has 3 rings (SSSR count). The fraction of sp³-hybridized carbons (Fsp3) is 0.467. The van der Waals surface area contributed by atoms with Crippen LogP contribution in [-0.2, 0) is 11.2 Å². The molecule has 2 aliphatic rings. The monoisotopic (exact) mass is 273 g/mol. The maximum atomic E-state index is 11.8. The topological polar surface area (TPSA) is 75.4 Å². The van der Waals surface area contributed by atoms with Crippen LogP contribution >= 0.6 is 0 Å². The summed E-state index contributed by atoms with van der Waals surface area (Å²) in [6.07, 6.45) is 4.35. The van der Waals surface area contributed by atoms with Gasteiger partial charge in [-0.25, -0.2) is 4.79 Å². The average molecular weight is 273 g/mol. The number of nitrogens with two attached hydrogens (primary N) is 1. The molecule has 0 radical (unpaired) electrons. The number of imide groups is 1. The quantitative estimate of drug-likeness (QED) is 0.869. The SMILES string of the molecule is NC(=O)NC(=O)CN(C1CC1)[C@H]1CCc2ccccc21. The van der Waals surface area contributed by atoms with E-state index in [4.69, 9.17) is 5.73 Å². The van der Waals surface area contributed by atoms with Gasteiger partial charge in [-0.15, -0.1) is 0 Å². The number of fused-ring (bicyclic) bond motifs is 1. The summed E-state index contributed by atoms with van der Waals surface area (Å²) in [4.78, 5) is 24.8. The standard InChI is InChI=1S/C15H19N3O2/c16-15(20)17-14(19)9-18(11-6-7-11)13-8-5-10-3-1-2-4-12(10)13/h1-4,11,13H,5-9H2,(H3,16,17,19,20)/t13-/m0/s1. The van der Waals surface area contributed by atoms with Crippen molar-refractivity contribution in [1.29, 1.82) is 0 Å². The number of nitrogens with one attached hydrogen (secondary N) is 1. The van der Waals surface area contributed by atoms with Crippen LogP contribution in [-0.4, -0.2) is 29.4 Å². The van der Waals surface area contributed by atoms with Gasteiger partial charge >= 0.3 is 6.03 Å². The van der Waals surface area contributed by atoms with E-state index in [0.717, 1.165) is 25.7 Å². The second-order valence-corrected chi connectivity index (χ2v) is 5.57. The zero-order valence-electron chi connectivity index (χ0n) is 11.3. The summed E-state index contributed by atoms with van der Waals surface area (Å²) in [5, 5.41) is 2.16. The summed E-state index contributed by atoms with van der Waals surface area (Å²) >= 11 is 0. The Morgan fingerprint density at radius 2 is 2.00 bits per heavy atom. The highest BCUT2D eigenvalue weighted by atomic mass is 16.2. The van der Waals surface area contributed by atoms with E-state index < -0.39 is 6.03 Å². The van der Waals surface area contributed by atoms with Crippen LogP contribution in [0.5, 0.6) is 0 Å². The van der Waals surface area contributed by atoms with Crippen LogP contribution in [0, 0.1) is 0 Å². The van der Waals surface area contributed by atoms with Gasteiger partial charge in [-0.05, 0) is 36.8 Å². The summed E-state index contributed by atoms with van der Waals surface area (Å²) in [7, 11) is 0. The van der Waals surface area contributed by atoms with Crippen molar-refractivity contribution in [3.05, 3.63) is 35.4 Å². The number of benzene rings is 1. The number of primary amides is 1. The molecule has 1 atom stereocenters. The van der Waals surface area contributed by atoms with Gasteiger partial charge < -0.3 is 5.73 Å². The number of aryl methyl sites for hydroxylation is 1. The Labute approximate surface area is 118 Å². The molecule has 5 nitrogen and oxygen atoms in total. The van der Waals surface area contributed by atoms with Crippen LogP contribution in [0.15, 0.2) is 24.3 Å². The van der Waals surface area contributed by atoms with Crippen LogP contribution < -0.4 is 11.1 Å². The molecular weight excluding hydrogens is 254 g/mol. The zero-order valence-corrected chi connectivity index (χ0v) is 11.3. The van der Waals surface area contributed by atoms with Crippen LogP contribution in [0.25, 0.3) is 0 Å². The van der Waals surface area contributed by atoms with Crippen LogP contribution in [0.1, 0.15) is 36.4 Å². The van der Waals surface area contributed by atoms with Crippen molar-refractivity contribution in [2.24, 2.45) is 5.73 Å². The van der Waals surface area contributed by atoms with E-state index in [1.807, 2.05) is 6.07 Å². The Kier molecular flexibility index (Phi) is 3.44. The highest BCUT2D eigenvalue weighted by Gasteiger charge is 2.38. The van der Waals surface area contributed by atoms with Gasteiger partial charge in [0.15, 0.2) is 0 Å². The lowest BCUT2D eigenvalue weighted by molar-refractivity contribution is -0.121. The predicted octanol–water partition coefficient (Wildman–Crippen LogP) is 1.33. The summed E-state index contributed by atoms with van der Waals surface area (Å²) in [6, 6.07) is 8.38. The first kappa shape index (κ1) is 13.1. The second kappa shape index (κ2) is 5.25. The number of carbonyl (C=O) groups excluding carboxylic acids is 2. The highest BCUT2D eigenvalue weighted by Crippen LogP contribution is 2.41. The minimum atomic E-state index is -0.780. The fourth-order valence-corrected chi connectivity index (χ4v) is 3.12. The molecule has 0 unspecified atom stereocenters. The van der Waals surface area contributed by atoms with E-state index in [2.05, 4.69) is 28.4 Å². The summed E-state index contributed by atoms with van der Waals surface area (Å²) in [5.74, 6) is -0.311. The van der Waals surface area contributed by atoms with Gasteiger partial charge in [0.25, 0.3) is 0 Å². The van der Waals surface area contributed by atoms with Crippen molar-refractivity contribution in [1.82, 2.24) is 10.2 Å². The highest BCUT2D eigenvalue weighted by molar-refractivity contribution is 5.94. The molecule has 3 N–H and O–H groups in total. The Balaban J connectivity index is 1.75. The molecule has 1 fully saturated rings. The molecule has 20 heavy (non-hydrogen) atoms. The van der Waals surface area contributed by atoms with Gasteiger partial charge in [-0.3, -0.25) is 15.0 Å². The van der Waals surface area contributed by atoms with E-state index in [1.165, 1.54) is 11.1 Å². The number of amides is 3. The first-order chi connectivity index (χ1) is 9.65. The van der Waals surface area contributed by atoms with Crippen LogP contribution in [0.4, 0.5) is 4.79 Å². The third-order valence-corrected chi connectivity index (χ3v) is 4.11. The maximum absolute atomic E-state index is 11.8. The van der Waals surface area contributed by atoms with Crippen LogP contribution in [0.2, 0.25) is 0 Å².